The summed E-state index contributed by atoms with van der Waals surface area (Å²) in [6.45, 7) is 11.5. The molecule has 2 atom stereocenters. The van der Waals surface area contributed by atoms with Crippen LogP contribution in [0.2, 0.25) is 0 Å². The molecule has 0 amide bonds. The van der Waals surface area contributed by atoms with Crippen LogP contribution in [0.5, 0.6) is 0 Å². The predicted molar refractivity (Wildman–Crippen MR) is 71.3 cm³/mol. The minimum absolute atomic E-state index is 0.102. The van der Waals surface area contributed by atoms with Crippen molar-refractivity contribution < 1.29 is 4.74 Å². The number of hydrogen-bond acceptors (Lipinski definition) is 3. The molecule has 3 heteroatoms. The predicted octanol–water partition coefficient (Wildman–Crippen LogP) is 2.02. The minimum Gasteiger partial charge on any atom is -0.371 e. The summed E-state index contributed by atoms with van der Waals surface area (Å²) < 4.78 is 5.99. The van der Waals surface area contributed by atoms with Crippen LogP contribution < -0.4 is 5.32 Å². The molecule has 2 fully saturated rings. The molecular formula is C14H28N2O. The number of ether oxygens (including phenoxy) is 1. The van der Waals surface area contributed by atoms with Crippen molar-refractivity contribution in [1.29, 1.82) is 0 Å². The first-order valence-corrected chi connectivity index (χ1v) is 7.19. The second kappa shape index (κ2) is 5.68. The van der Waals surface area contributed by atoms with E-state index in [1.807, 2.05) is 0 Å². The fourth-order valence-corrected chi connectivity index (χ4v) is 2.97. The van der Waals surface area contributed by atoms with Crippen LogP contribution in [-0.2, 0) is 4.74 Å². The Morgan fingerprint density at radius 1 is 1.35 bits per heavy atom. The zero-order valence-electron chi connectivity index (χ0n) is 11.7. The van der Waals surface area contributed by atoms with Crippen molar-refractivity contribution in [3.05, 3.63) is 0 Å². The van der Waals surface area contributed by atoms with Crippen LogP contribution in [0.4, 0.5) is 0 Å². The van der Waals surface area contributed by atoms with Crippen LogP contribution in [0.15, 0.2) is 0 Å². The Morgan fingerprint density at radius 3 is 2.65 bits per heavy atom. The lowest BCUT2D eigenvalue weighted by molar-refractivity contribution is -0.0152. The van der Waals surface area contributed by atoms with E-state index in [9.17, 15) is 0 Å². The normalized spacial score (nSPS) is 30.9. The Labute approximate surface area is 106 Å². The standard InChI is InChI=1S/C14H28N2O/c1-12(11-16-8-4-5-9-16)15-10-13-6-7-14(2,3)17-13/h12-13,15H,4-11H2,1-3H3. The summed E-state index contributed by atoms with van der Waals surface area (Å²) in [5, 5.41) is 3.62. The highest BCUT2D eigenvalue weighted by Gasteiger charge is 2.31. The topological polar surface area (TPSA) is 24.5 Å². The van der Waals surface area contributed by atoms with Crippen LogP contribution in [0.25, 0.3) is 0 Å². The monoisotopic (exact) mass is 240 g/mol. The average Bonchev–Trinajstić information content (AvgIpc) is 2.85. The Bertz CT molecular complexity index is 236. The molecule has 1 N–H and O–H groups in total. The third kappa shape index (κ3) is 4.23. The summed E-state index contributed by atoms with van der Waals surface area (Å²) in [5.41, 5.74) is 0.102. The van der Waals surface area contributed by atoms with Crippen LogP contribution in [-0.4, -0.2) is 48.8 Å². The van der Waals surface area contributed by atoms with Gasteiger partial charge in [0.2, 0.25) is 0 Å². The maximum Gasteiger partial charge on any atom is 0.0707 e. The highest BCUT2D eigenvalue weighted by Crippen LogP contribution is 2.28. The highest BCUT2D eigenvalue weighted by atomic mass is 16.5. The molecule has 0 bridgehead atoms. The molecule has 2 rings (SSSR count). The molecule has 0 aliphatic carbocycles. The smallest absolute Gasteiger partial charge is 0.0707 e. The number of nitrogens with one attached hydrogen (secondary N) is 1. The van der Waals surface area contributed by atoms with Crippen LogP contribution in [0.3, 0.4) is 0 Å². The molecule has 0 saturated carbocycles. The fraction of sp³-hybridized carbons (Fsp3) is 1.00. The van der Waals surface area contributed by atoms with Crippen LogP contribution in [0.1, 0.15) is 46.5 Å². The van der Waals surface area contributed by atoms with Crippen molar-refractivity contribution in [1.82, 2.24) is 10.2 Å². The molecule has 2 unspecified atom stereocenters. The van der Waals surface area contributed by atoms with E-state index in [2.05, 4.69) is 31.0 Å². The van der Waals surface area contributed by atoms with Crippen LogP contribution >= 0.6 is 0 Å². The third-order valence-corrected chi connectivity index (χ3v) is 3.98. The molecule has 0 radical (unpaired) electrons. The summed E-state index contributed by atoms with van der Waals surface area (Å²) in [6.07, 6.45) is 5.58. The van der Waals surface area contributed by atoms with Gasteiger partial charge in [0.05, 0.1) is 11.7 Å². The van der Waals surface area contributed by atoms with Gasteiger partial charge in [0.15, 0.2) is 0 Å². The molecule has 0 spiro atoms. The second-order valence-corrected chi connectivity index (χ2v) is 6.36. The average molecular weight is 240 g/mol. The molecule has 0 aromatic heterocycles. The van der Waals surface area contributed by atoms with Gasteiger partial charge in [-0.1, -0.05) is 0 Å². The molecule has 2 aliphatic rings. The fourth-order valence-electron chi connectivity index (χ4n) is 2.97. The van der Waals surface area contributed by atoms with Gasteiger partial charge in [0.25, 0.3) is 0 Å². The SMILES string of the molecule is CC(CN1CCCC1)NCC1CCC(C)(C)O1. The molecule has 2 aliphatic heterocycles. The summed E-state index contributed by atoms with van der Waals surface area (Å²) in [4.78, 5) is 2.57. The van der Waals surface area contributed by atoms with Crippen molar-refractivity contribution in [3.63, 3.8) is 0 Å². The number of nitrogens with zero attached hydrogens (tertiary/aromatic N) is 1. The third-order valence-electron chi connectivity index (χ3n) is 3.98. The van der Waals surface area contributed by atoms with Gasteiger partial charge in [0.1, 0.15) is 0 Å². The Hall–Kier alpha value is -0.120. The van der Waals surface area contributed by atoms with E-state index in [4.69, 9.17) is 4.74 Å². The largest absolute Gasteiger partial charge is 0.371 e. The first kappa shape index (κ1) is 13.3. The van der Waals surface area contributed by atoms with Crippen molar-refractivity contribution in [2.24, 2.45) is 0 Å². The summed E-state index contributed by atoms with van der Waals surface area (Å²) >= 11 is 0. The minimum atomic E-state index is 0.102. The molecular weight excluding hydrogens is 212 g/mol. The van der Waals surface area contributed by atoms with Crippen molar-refractivity contribution in [3.8, 4) is 0 Å². The van der Waals surface area contributed by atoms with E-state index in [1.165, 1.54) is 45.3 Å². The Kier molecular flexibility index (Phi) is 4.45. The number of hydrogen-bond donors (Lipinski definition) is 1. The lowest BCUT2D eigenvalue weighted by Crippen LogP contribution is -2.41. The van der Waals surface area contributed by atoms with E-state index < -0.39 is 0 Å². The van der Waals surface area contributed by atoms with Gasteiger partial charge in [0, 0.05) is 19.1 Å². The van der Waals surface area contributed by atoms with Gasteiger partial charge in [-0.25, -0.2) is 0 Å². The van der Waals surface area contributed by atoms with Gasteiger partial charge in [-0.15, -0.1) is 0 Å². The molecule has 17 heavy (non-hydrogen) atoms. The van der Waals surface area contributed by atoms with E-state index in [0.29, 0.717) is 12.1 Å². The van der Waals surface area contributed by atoms with E-state index in [-0.39, 0.29) is 5.60 Å². The molecule has 0 aromatic rings. The molecule has 2 heterocycles. The summed E-state index contributed by atoms with van der Waals surface area (Å²) in [7, 11) is 0. The Balaban J connectivity index is 1.61. The molecule has 3 nitrogen and oxygen atoms in total. The lowest BCUT2D eigenvalue weighted by atomic mass is 10.1. The molecule has 100 valence electrons. The quantitative estimate of drug-likeness (QED) is 0.795. The highest BCUT2D eigenvalue weighted by molar-refractivity contribution is 4.83. The number of rotatable bonds is 5. The van der Waals surface area contributed by atoms with Crippen molar-refractivity contribution in [2.75, 3.05) is 26.2 Å². The Morgan fingerprint density at radius 2 is 2.06 bits per heavy atom. The number of likely N-dealkylation sites (tertiary alicyclic amines) is 1. The van der Waals surface area contributed by atoms with Gasteiger partial charge in [-0.05, 0) is 59.5 Å². The summed E-state index contributed by atoms with van der Waals surface area (Å²) in [5.74, 6) is 0. The van der Waals surface area contributed by atoms with Gasteiger partial charge in [-0.3, -0.25) is 0 Å². The maximum absolute atomic E-state index is 5.99. The van der Waals surface area contributed by atoms with Crippen molar-refractivity contribution >= 4 is 0 Å². The van der Waals surface area contributed by atoms with E-state index in [1.54, 1.807) is 0 Å². The second-order valence-electron chi connectivity index (χ2n) is 6.36. The van der Waals surface area contributed by atoms with E-state index in [0.717, 1.165) is 6.54 Å². The zero-order valence-corrected chi connectivity index (χ0v) is 11.7. The lowest BCUT2D eigenvalue weighted by Gasteiger charge is -2.24. The first-order chi connectivity index (χ1) is 8.05. The first-order valence-electron chi connectivity index (χ1n) is 7.19. The maximum atomic E-state index is 5.99. The van der Waals surface area contributed by atoms with Crippen molar-refractivity contribution in [2.45, 2.75) is 64.2 Å². The molecule has 2 saturated heterocycles. The molecule has 0 aromatic carbocycles. The van der Waals surface area contributed by atoms with Gasteiger partial charge >= 0.3 is 0 Å². The van der Waals surface area contributed by atoms with Crippen LogP contribution in [0, 0.1) is 0 Å². The zero-order chi connectivity index (χ0) is 12.3. The van der Waals surface area contributed by atoms with Gasteiger partial charge < -0.3 is 15.0 Å². The van der Waals surface area contributed by atoms with Gasteiger partial charge in [-0.2, -0.15) is 0 Å². The van der Waals surface area contributed by atoms with E-state index >= 15 is 0 Å². The summed E-state index contributed by atoms with van der Waals surface area (Å²) in [6, 6.07) is 0.584.